The predicted molar refractivity (Wildman–Crippen MR) is 149 cm³/mol. The molecule has 8 nitrogen and oxygen atoms in total. The van der Waals surface area contributed by atoms with Crippen LogP contribution in [0.4, 0.5) is 29.3 Å². The second kappa shape index (κ2) is 11.8. The lowest BCUT2D eigenvalue weighted by Crippen LogP contribution is -2.43. The first kappa shape index (κ1) is 31.4. The van der Waals surface area contributed by atoms with Crippen molar-refractivity contribution in [2.45, 2.75) is 45.1 Å². The van der Waals surface area contributed by atoms with E-state index in [-0.39, 0.29) is 57.9 Å². The molecule has 2 aromatic rings. The Balaban J connectivity index is 1.92. The van der Waals surface area contributed by atoms with E-state index in [0.717, 1.165) is 6.33 Å². The van der Waals surface area contributed by atoms with Crippen molar-refractivity contribution in [1.29, 1.82) is 0 Å². The predicted octanol–water partition coefficient (Wildman–Crippen LogP) is 6.91. The monoisotopic (exact) mass is 625 g/mol. The summed E-state index contributed by atoms with van der Waals surface area (Å²) in [5.74, 6) is -0.596. The van der Waals surface area contributed by atoms with Gasteiger partial charge in [-0.05, 0) is 26.5 Å². The van der Waals surface area contributed by atoms with E-state index in [0.29, 0.717) is 10.6 Å². The minimum atomic E-state index is -4.52. The van der Waals surface area contributed by atoms with Gasteiger partial charge in [0, 0.05) is 31.9 Å². The number of nitrogens with zero attached hydrogens (tertiary/aromatic N) is 5. The molecule has 1 aliphatic heterocycles. The Morgan fingerprint density at radius 1 is 1.10 bits per heavy atom. The number of urea groups is 1. The van der Waals surface area contributed by atoms with Gasteiger partial charge in [-0.2, -0.15) is 13.2 Å². The third-order valence-electron chi connectivity index (χ3n) is 6.80. The molecule has 0 unspecified atom stereocenters. The number of hydrogen-bond donors (Lipinski definition) is 0. The maximum atomic E-state index is 13.6. The number of amides is 3. The quantitative estimate of drug-likeness (QED) is 0.235. The number of hydrogen-bond acceptors (Lipinski definition) is 5. The molecule has 15 heteroatoms. The third-order valence-corrected chi connectivity index (χ3v) is 12.2. The Labute approximate surface area is 241 Å². The molecule has 0 radical (unpaired) electrons. The molecule has 0 bridgehead atoms. The van der Waals surface area contributed by atoms with E-state index in [1.54, 1.807) is 0 Å². The molecule has 1 saturated heterocycles. The Kier molecular flexibility index (Phi) is 9.48. The summed E-state index contributed by atoms with van der Waals surface area (Å²) in [7, 11) is -2.15. The van der Waals surface area contributed by atoms with Crippen LogP contribution < -0.4 is 9.80 Å². The number of carbonyl (C=O) groups is 2. The van der Waals surface area contributed by atoms with Gasteiger partial charge in [0.1, 0.15) is 28.7 Å². The summed E-state index contributed by atoms with van der Waals surface area (Å²) in [5.41, 5.74) is 0.451. The zero-order valence-corrected chi connectivity index (χ0v) is 25.3. The van der Waals surface area contributed by atoms with Gasteiger partial charge in [0.25, 0.3) is 5.91 Å². The van der Waals surface area contributed by atoms with Gasteiger partial charge < -0.3 is 14.2 Å². The topological polar surface area (TPSA) is 78.9 Å². The van der Waals surface area contributed by atoms with E-state index in [2.05, 4.69) is 43.8 Å². The summed E-state index contributed by atoms with van der Waals surface area (Å²) < 4.78 is 44.8. The van der Waals surface area contributed by atoms with E-state index < -0.39 is 33.0 Å². The van der Waals surface area contributed by atoms with E-state index in [1.807, 2.05) is 0 Å². The highest BCUT2D eigenvalue weighted by atomic mass is 35.5. The van der Waals surface area contributed by atoms with Gasteiger partial charge in [0.2, 0.25) is 0 Å². The van der Waals surface area contributed by atoms with Gasteiger partial charge in [-0.1, -0.05) is 55.6 Å². The number of alkyl halides is 3. The first-order valence-corrected chi connectivity index (χ1v) is 16.0. The standard InChI is InChI=1S/C24H29Cl3F3N5O3Si/c1-23(2,3)39(4,5)38-11-10-34(21(36)18-19(26)31-14-32-20(18)27)15-6-7-17(16(25)12-15)35-9-8-33(22(35)37)13-24(28,29)30/h6-7,12,14H,8-11,13H2,1-5H3/q-1. The van der Waals surface area contributed by atoms with Crippen LogP contribution in [0.15, 0.2) is 24.5 Å². The molecule has 0 atom stereocenters. The average Bonchev–Trinajstić information content (AvgIpc) is 3.14. The molecular formula is C24H29Cl3F3N5O3Si-. The maximum Gasteiger partial charge on any atom is 0.406 e. The molecule has 0 spiro atoms. The lowest BCUT2D eigenvalue weighted by molar-refractivity contribution is -0.138. The smallest absolute Gasteiger partial charge is 0.406 e. The molecule has 0 aliphatic carbocycles. The number of carbonyl (C=O) groups excluding carboxylic acids is 2. The third kappa shape index (κ3) is 7.34. The minimum absolute atomic E-state index is 0.0313. The van der Waals surface area contributed by atoms with Gasteiger partial charge in [0.05, 0.1) is 10.7 Å². The number of aromatic nitrogens is 2. The second-order valence-electron chi connectivity index (χ2n) is 10.5. The Morgan fingerprint density at radius 3 is 2.26 bits per heavy atom. The largest absolute Gasteiger partial charge is 0.563 e. The zero-order chi connectivity index (χ0) is 29.3. The number of rotatable bonds is 8. The van der Waals surface area contributed by atoms with Crippen LogP contribution in [0.5, 0.6) is 0 Å². The normalized spacial score (nSPS) is 14.8. The molecule has 215 valence electrons. The van der Waals surface area contributed by atoms with Crippen LogP contribution in [0.25, 0.3) is 0 Å². The fourth-order valence-corrected chi connectivity index (χ4v) is 5.45. The number of benzene rings is 1. The molecule has 1 aliphatic rings. The van der Waals surface area contributed by atoms with Crippen molar-refractivity contribution in [3.8, 4) is 0 Å². The lowest BCUT2D eigenvalue weighted by Gasteiger charge is -2.48. The summed E-state index contributed by atoms with van der Waals surface area (Å²) in [6.07, 6.45) is -3.39. The van der Waals surface area contributed by atoms with Crippen LogP contribution >= 0.6 is 34.8 Å². The minimum Gasteiger partial charge on any atom is -0.563 e. The molecule has 1 aromatic carbocycles. The maximum absolute atomic E-state index is 13.6. The fraction of sp³-hybridized carbons (Fsp3) is 0.500. The van der Waals surface area contributed by atoms with E-state index in [9.17, 15) is 22.8 Å². The molecule has 39 heavy (non-hydrogen) atoms. The van der Waals surface area contributed by atoms with Crippen LogP contribution in [0.2, 0.25) is 33.5 Å². The van der Waals surface area contributed by atoms with Crippen LogP contribution in [0.3, 0.4) is 0 Å². The first-order chi connectivity index (χ1) is 17.9. The molecule has 1 aromatic heterocycles. The van der Waals surface area contributed by atoms with Gasteiger partial charge in [-0.3, -0.25) is 9.69 Å². The Bertz CT molecular complexity index is 1220. The molecule has 0 N–H and O–H groups in total. The zero-order valence-electron chi connectivity index (χ0n) is 22.1. The summed E-state index contributed by atoms with van der Waals surface area (Å²) in [6, 6.07) is 3.66. The lowest BCUT2D eigenvalue weighted by atomic mass is 10.2. The van der Waals surface area contributed by atoms with Gasteiger partial charge in [0.15, 0.2) is 0 Å². The average molecular weight is 627 g/mol. The van der Waals surface area contributed by atoms with Crippen LogP contribution in [0.1, 0.15) is 31.1 Å². The van der Waals surface area contributed by atoms with Crippen molar-refractivity contribution in [1.82, 2.24) is 14.9 Å². The van der Waals surface area contributed by atoms with Crippen molar-refractivity contribution < 1.29 is 27.2 Å². The van der Waals surface area contributed by atoms with Crippen LogP contribution in [0, 0.1) is 0 Å². The number of halogens is 6. The summed E-state index contributed by atoms with van der Waals surface area (Å²) in [4.78, 5) is 37.2. The SMILES string of the molecule is CC(C)(C)[Si-](C)(C)OCCN(C(=O)c1c(Cl)ncnc1Cl)c1ccc(N2CCN(CC(F)(F)F)C2=O)c(Cl)c1. The second-order valence-corrected chi connectivity index (χ2v) is 16.4. The Morgan fingerprint density at radius 2 is 1.72 bits per heavy atom. The molecular weight excluding hydrogens is 598 g/mol. The van der Waals surface area contributed by atoms with Crippen molar-refractivity contribution in [2.75, 3.05) is 42.6 Å². The van der Waals surface area contributed by atoms with Gasteiger partial charge in [-0.25, -0.2) is 14.8 Å². The van der Waals surface area contributed by atoms with Gasteiger partial charge >= 0.3 is 12.2 Å². The van der Waals surface area contributed by atoms with E-state index >= 15 is 0 Å². The van der Waals surface area contributed by atoms with E-state index in [1.165, 1.54) is 28.0 Å². The van der Waals surface area contributed by atoms with Crippen molar-refractivity contribution in [2.24, 2.45) is 0 Å². The summed E-state index contributed by atoms with van der Waals surface area (Å²) in [6.45, 7) is 9.32. The highest BCUT2D eigenvalue weighted by molar-refractivity contribution is 6.74. The molecule has 2 heterocycles. The summed E-state index contributed by atoms with van der Waals surface area (Å²) in [5, 5.41) is -0.259. The molecule has 0 saturated carbocycles. The molecule has 3 rings (SSSR count). The van der Waals surface area contributed by atoms with E-state index in [4.69, 9.17) is 39.2 Å². The highest BCUT2D eigenvalue weighted by Gasteiger charge is 2.39. The first-order valence-electron chi connectivity index (χ1n) is 12.0. The van der Waals surface area contributed by atoms with Crippen molar-refractivity contribution in [3.63, 3.8) is 0 Å². The van der Waals surface area contributed by atoms with Gasteiger partial charge in [-0.15, -0.1) is 18.1 Å². The fourth-order valence-electron chi connectivity index (χ4n) is 3.66. The van der Waals surface area contributed by atoms with Crippen molar-refractivity contribution >= 4 is 66.4 Å². The van der Waals surface area contributed by atoms with Crippen molar-refractivity contribution in [3.05, 3.63) is 45.4 Å². The Hall–Kier alpha value is -2.12. The summed E-state index contributed by atoms with van der Waals surface area (Å²) >= 11 is 18.9. The molecule has 1 fully saturated rings. The molecule has 3 amide bonds. The van der Waals surface area contributed by atoms with Crippen LogP contribution in [-0.2, 0) is 4.43 Å². The highest BCUT2D eigenvalue weighted by Crippen LogP contribution is 2.37. The van der Waals surface area contributed by atoms with Crippen LogP contribution in [-0.4, -0.2) is 74.1 Å². The number of anilines is 2.